The maximum atomic E-state index is 10.9. The first-order valence-corrected chi connectivity index (χ1v) is 6.92. The molecule has 3 rings (SSSR count). The third kappa shape index (κ3) is 2.84. The average Bonchev–Trinajstić information content (AvgIpc) is 2.88. The zero-order valence-corrected chi connectivity index (χ0v) is 11.8. The molecule has 2 heterocycles. The summed E-state index contributed by atoms with van der Waals surface area (Å²) in [5.41, 5.74) is 7.17. The molecule has 0 bridgehead atoms. The summed E-state index contributed by atoms with van der Waals surface area (Å²) >= 11 is 0. The lowest BCUT2D eigenvalue weighted by Gasteiger charge is -2.32. The standard InChI is InChI=1S/C15H18N4O2/c1-10-9-21-13-5-3-2-4-12(13)15(10)18-11-6-17-19(7-11)8-14(16)20/h2-7,10,15,18H,8-9H2,1H3,(H2,16,20). The van der Waals surface area contributed by atoms with Gasteiger partial charge in [-0.2, -0.15) is 5.10 Å². The highest BCUT2D eigenvalue weighted by Gasteiger charge is 2.27. The summed E-state index contributed by atoms with van der Waals surface area (Å²) in [6.07, 6.45) is 3.49. The molecular formula is C15H18N4O2. The second kappa shape index (κ2) is 5.47. The van der Waals surface area contributed by atoms with Crippen LogP contribution in [0.25, 0.3) is 0 Å². The number of benzene rings is 1. The first-order valence-electron chi connectivity index (χ1n) is 6.92. The Morgan fingerprint density at radius 2 is 2.33 bits per heavy atom. The maximum Gasteiger partial charge on any atom is 0.239 e. The van der Waals surface area contributed by atoms with E-state index >= 15 is 0 Å². The van der Waals surface area contributed by atoms with Gasteiger partial charge in [-0.15, -0.1) is 0 Å². The minimum atomic E-state index is -0.408. The molecule has 1 amide bonds. The zero-order valence-electron chi connectivity index (χ0n) is 11.8. The fourth-order valence-corrected chi connectivity index (χ4v) is 2.58. The monoisotopic (exact) mass is 286 g/mol. The van der Waals surface area contributed by atoms with E-state index in [2.05, 4.69) is 23.4 Å². The molecule has 1 aliphatic rings. The number of ether oxygens (including phenoxy) is 1. The van der Waals surface area contributed by atoms with Crippen molar-refractivity contribution in [1.29, 1.82) is 0 Å². The molecular weight excluding hydrogens is 268 g/mol. The lowest BCUT2D eigenvalue weighted by molar-refractivity contribution is -0.118. The first-order chi connectivity index (χ1) is 10.1. The van der Waals surface area contributed by atoms with Gasteiger partial charge in [0.15, 0.2) is 0 Å². The predicted molar refractivity (Wildman–Crippen MR) is 78.9 cm³/mol. The van der Waals surface area contributed by atoms with Crippen molar-refractivity contribution in [3.8, 4) is 5.75 Å². The normalized spacial score (nSPS) is 20.4. The molecule has 0 saturated heterocycles. The largest absolute Gasteiger partial charge is 0.493 e. The average molecular weight is 286 g/mol. The van der Waals surface area contributed by atoms with Gasteiger partial charge in [0.05, 0.1) is 24.5 Å². The predicted octanol–water partition coefficient (Wildman–Crippen LogP) is 1.55. The van der Waals surface area contributed by atoms with E-state index in [1.807, 2.05) is 18.2 Å². The van der Waals surface area contributed by atoms with E-state index in [4.69, 9.17) is 10.5 Å². The van der Waals surface area contributed by atoms with Crippen molar-refractivity contribution in [3.63, 3.8) is 0 Å². The number of aromatic nitrogens is 2. The molecule has 1 aromatic carbocycles. The molecule has 6 heteroatoms. The van der Waals surface area contributed by atoms with Gasteiger partial charge in [-0.25, -0.2) is 0 Å². The van der Waals surface area contributed by atoms with Gasteiger partial charge in [0.1, 0.15) is 12.3 Å². The van der Waals surface area contributed by atoms with E-state index in [0.29, 0.717) is 12.5 Å². The third-order valence-corrected chi connectivity index (χ3v) is 3.60. The van der Waals surface area contributed by atoms with Crippen LogP contribution in [0.15, 0.2) is 36.7 Å². The van der Waals surface area contributed by atoms with Gasteiger partial charge in [0.25, 0.3) is 0 Å². The SMILES string of the molecule is CC1COc2ccccc2C1Nc1cnn(CC(N)=O)c1. The topological polar surface area (TPSA) is 82.2 Å². The van der Waals surface area contributed by atoms with Crippen LogP contribution in [-0.4, -0.2) is 22.3 Å². The molecule has 110 valence electrons. The maximum absolute atomic E-state index is 10.9. The number of rotatable bonds is 4. The van der Waals surface area contributed by atoms with Crippen LogP contribution >= 0.6 is 0 Å². The Morgan fingerprint density at radius 3 is 3.14 bits per heavy atom. The number of nitrogens with one attached hydrogen (secondary N) is 1. The zero-order chi connectivity index (χ0) is 14.8. The second-order valence-corrected chi connectivity index (χ2v) is 5.34. The van der Waals surface area contributed by atoms with Crippen LogP contribution in [0.3, 0.4) is 0 Å². The highest BCUT2D eigenvalue weighted by Crippen LogP contribution is 2.37. The number of hydrogen-bond donors (Lipinski definition) is 2. The van der Waals surface area contributed by atoms with Gasteiger partial charge >= 0.3 is 0 Å². The summed E-state index contributed by atoms with van der Waals surface area (Å²) in [6.45, 7) is 2.90. The summed E-state index contributed by atoms with van der Waals surface area (Å²) in [6, 6.07) is 8.17. The Kier molecular flexibility index (Phi) is 3.51. The van der Waals surface area contributed by atoms with E-state index < -0.39 is 5.91 Å². The number of anilines is 1. The number of para-hydroxylation sites is 1. The van der Waals surface area contributed by atoms with Gasteiger partial charge in [-0.3, -0.25) is 9.48 Å². The molecule has 3 N–H and O–H groups in total. The Morgan fingerprint density at radius 1 is 1.52 bits per heavy atom. The Balaban J connectivity index is 1.80. The van der Waals surface area contributed by atoms with Gasteiger partial charge in [-0.05, 0) is 6.07 Å². The molecule has 0 saturated carbocycles. The van der Waals surface area contributed by atoms with E-state index in [1.165, 1.54) is 4.68 Å². The smallest absolute Gasteiger partial charge is 0.239 e. The number of amides is 1. The van der Waals surface area contributed by atoms with E-state index in [9.17, 15) is 4.79 Å². The molecule has 0 spiro atoms. The fraction of sp³-hybridized carbons (Fsp3) is 0.333. The van der Waals surface area contributed by atoms with E-state index in [1.54, 1.807) is 12.4 Å². The summed E-state index contributed by atoms with van der Waals surface area (Å²) in [5.74, 6) is 0.839. The van der Waals surface area contributed by atoms with Crippen LogP contribution in [0.4, 0.5) is 5.69 Å². The minimum Gasteiger partial charge on any atom is -0.493 e. The van der Waals surface area contributed by atoms with Crippen molar-refractivity contribution in [2.75, 3.05) is 11.9 Å². The second-order valence-electron chi connectivity index (χ2n) is 5.34. The van der Waals surface area contributed by atoms with Crippen LogP contribution in [0.2, 0.25) is 0 Å². The summed E-state index contributed by atoms with van der Waals surface area (Å²) in [5, 5.41) is 7.59. The Hall–Kier alpha value is -2.50. The number of carbonyl (C=O) groups excluding carboxylic acids is 1. The number of fused-ring (bicyclic) bond motifs is 1. The van der Waals surface area contributed by atoms with Crippen LogP contribution in [0.1, 0.15) is 18.5 Å². The minimum absolute atomic E-state index is 0.0849. The molecule has 1 aliphatic heterocycles. The Labute approximate surface area is 122 Å². The lowest BCUT2D eigenvalue weighted by atomic mass is 9.92. The molecule has 0 fully saturated rings. The van der Waals surface area contributed by atoms with Crippen molar-refractivity contribution in [2.45, 2.75) is 19.5 Å². The molecule has 21 heavy (non-hydrogen) atoms. The van der Waals surface area contributed by atoms with Crippen LogP contribution in [0.5, 0.6) is 5.75 Å². The van der Waals surface area contributed by atoms with E-state index in [0.717, 1.165) is 17.0 Å². The highest BCUT2D eigenvalue weighted by atomic mass is 16.5. The quantitative estimate of drug-likeness (QED) is 0.893. The number of nitrogens with zero attached hydrogens (tertiary/aromatic N) is 2. The van der Waals surface area contributed by atoms with Crippen molar-refractivity contribution < 1.29 is 9.53 Å². The summed E-state index contributed by atoms with van der Waals surface area (Å²) in [7, 11) is 0. The van der Waals surface area contributed by atoms with Crippen molar-refractivity contribution >= 4 is 11.6 Å². The van der Waals surface area contributed by atoms with Crippen LogP contribution < -0.4 is 15.8 Å². The first kappa shape index (κ1) is 13.5. The summed E-state index contributed by atoms with van der Waals surface area (Å²) < 4.78 is 7.27. The van der Waals surface area contributed by atoms with E-state index in [-0.39, 0.29) is 12.6 Å². The van der Waals surface area contributed by atoms with Crippen molar-refractivity contribution in [3.05, 3.63) is 42.2 Å². The molecule has 0 aliphatic carbocycles. The molecule has 2 aromatic rings. The number of hydrogen-bond acceptors (Lipinski definition) is 4. The van der Waals surface area contributed by atoms with Crippen LogP contribution in [-0.2, 0) is 11.3 Å². The van der Waals surface area contributed by atoms with Gasteiger partial charge in [0.2, 0.25) is 5.91 Å². The van der Waals surface area contributed by atoms with Gasteiger partial charge in [-0.1, -0.05) is 25.1 Å². The third-order valence-electron chi connectivity index (χ3n) is 3.60. The van der Waals surface area contributed by atoms with Crippen LogP contribution in [0, 0.1) is 5.92 Å². The molecule has 2 atom stereocenters. The van der Waals surface area contributed by atoms with Crippen molar-refractivity contribution in [1.82, 2.24) is 9.78 Å². The molecule has 6 nitrogen and oxygen atoms in total. The van der Waals surface area contributed by atoms with Gasteiger partial charge in [0, 0.05) is 17.7 Å². The number of carbonyl (C=O) groups is 1. The molecule has 2 unspecified atom stereocenters. The molecule has 1 aromatic heterocycles. The van der Waals surface area contributed by atoms with Crippen molar-refractivity contribution in [2.24, 2.45) is 11.7 Å². The van der Waals surface area contributed by atoms with Gasteiger partial charge < -0.3 is 15.8 Å². The number of nitrogens with two attached hydrogens (primary N) is 1. The highest BCUT2D eigenvalue weighted by molar-refractivity contribution is 5.73. The summed E-state index contributed by atoms with van der Waals surface area (Å²) in [4.78, 5) is 10.9. The lowest BCUT2D eigenvalue weighted by Crippen LogP contribution is -2.28. The molecule has 0 radical (unpaired) electrons. The number of primary amides is 1. The Bertz CT molecular complexity index is 653. The fourth-order valence-electron chi connectivity index (χ4n) is 2.58.